The van der Waals surface area contributed by atoms with E-state index in [0.29, 0.717) is 18.7 Å². The van der Waals surface area contributed by atoms with Crippen LogP contribution in [0, 0.1) is 0 Å². The van der Waals surface area contributed by atoms with Crippen molar-refractivity contribution in [2.24, 2.45) is 4.99 Å². The van der Waals surface area contributed by atoms with Crippen molar-refractivity contribution >= 4 is 24.7 Å². The fourth-order valence-electron chi connectivity index (χ4n) is 1.56. The zero-order valence-electron chi connectivity index (χ0n) is 9.65. The van der Waals surface area contributed by atoms with Gasteiger partial charge < -0.3 is 15.2 Å². The van der Waals surface area contributed by atoms with Crippen molar-refractivity contribution < 1.29 is 14.6 Å². The Morgan fingerprint density at radius 3 is 2.78 bits per heavy atom. The van der Waals surface area contributed by atoms with Crippen LogP contribution in [0.3, 0.4) is 0 Å². The zero-order chi connectivity index (χ0) is 12.1. The molecule has 1 aromatic rings. The van der Waals surface area contributed by atoms with E-state index in [0.717, 1.165) is 0 Å². The van der Waals surface area contributed by atoms with Crippen molar-refractivity contribution in [3.63, 3.8) is 0 Å². The first-order chi connectivity index (χ1) is 8.27. The van der Waals surface area contributed by atoms with Crippen molar-refractivity contribution in [2.75, 3.05) is 13.1 Å². The third-order valence-electron chi connectivity index (χ3n) is 2.46. The van der Waals surface area contributed by atoms with Crippen LogP contribution < -0.4 is 5.32 Å². The van der Waals surface area contributed by atoms with Crippen molar-refractivity contribution in [1.82, 2.24) is 5.32 Å². The normalized spacial score (nSPS) is 19.3. The van der Waals surface area contributed by atoms with E-state index >= 15 is 0 Å². The predicted octanol–water partition coefficient (Wildman–Crippen LogP) is 0.685. The molecule has 0 aliphatic carbocycles. The number of aliphatic hydroxyl groups is 1. The highest BCUT2D eigenvalue weighted by Gasteiger charge is 2.23. The van der Waals surface area contributed by atoms with Crippen LogP contribution in [0.5, 0.6) is 0 Å². The third-order valence-corrected chi connectivity index (χ3v) is 2.46. The van der Waals surface area contributed by atoms with Gasteiger partial charge >= 0.3 is 5.97 Å². The van der Waals surface area contributed by atoms with E-state index < -0.39 is 12.1 Å². The van der Waals surface area contributed by atoms with Gasteiger partial charge in [-0.15, -0.1) is 12.4 Å². The summed E-state index contributed by atoms with van der Waals surface area (Å²) in [6, 6.07) is 8.71. The van der Waals surface area contributed by atoms with Gasteiger partial charge in [0.2, 0.25) is 0 Å². The maximum Gasteiger partial charge on any atom is 0.340 e. The molecular weight excluding hydrogens is 256 g/mol. The van der Waals surface area contributed by atoms with Gasteiger partial charge in [-0.3, -0.25) is 4.99 Å². The first-order valence-corrected chi connectivity index (χ1v) is 5.42. The van der Waals surface area contributed by atoms with Gasteiger partial charge in [-0.05, 0) is 5.56 Å². The SMILES string of the molecule is Cl.O=C(OC1CN=CNC1)[C@H](O)c1ccccc1. The number of hydrogen-bond acceptors (Lipinski definition) is 5. The Kier molecular flexibility index (Phi) is 5.61. The third kappa shape index (κ3) is 3.72. The van der Waals surface area contributed by atoms with Crippen LogP contribution in [0.15, 0.2) is 35.3 Å². The standard InChI is InChI=1S/C12H14N2O3.ClH/c15-11(9-4-2-1-3-5-9)12(16)17-10-6-13-8-14-7-10;/h1-5,8,10-11,15H,6-7H2,(H,13,14);1H/t11-;/m1./s1. The molecule has 0 amide bonds. The summed E-state index contributed by atoms with van der Waals surface area (Å²) in [6.07, 6.45) is 0.0331. The van der Waals surface area contributed by atoms with Gasteiger partial charge in [0.25, 0.3) is 0 Å². The Hall–Kier alpha value is -1.59. The molecule has 1 aliphatic heterocycles. The van der Waals surface area contributed by atoms with E-state index in [4.69, 9.17) is 4.74 Å². The van der Waals surface area contributed by atoms with Gasteiger partial charge in [-0.25, -0.2) is 4.79 Å². The van der Waals surface area contributed by atoms with E-state index in [1.165, 1.54) is 0 Å². The van der Waals surface area contributed by atoms with Gasteiger partial charge in [-0.1, -0.05) is 30.3 Å². The van der Waals surface area contributed by atoms with E-state index in [9.17, 15) is 9.90 Å². The fraction of sp³-hybridized carbons (Fsp3) is 0.333. The van der Waals surface area contributed by atoms with E-state index in [1.807, 2.05) is 6.07 Å². The zero-order valence-corrected chi connectivity index (χ0v) is 10.5. The lowest BCUT2D eigenvalue weighted by Crippen LogP contribution is -2.37. The molecule has 2 N–H and O–H groups in total. The van der Waals surface area contributed by atoms with Crippen molar-refractivity contribution in [3.8, 4) is 0 Å². The number of hydrogen-bond donors (Lipinski definition) is 2. The Morgan fingerprint density at radius 1 is 1.44 bits per heavy atom. The predicted molar refractivity (Wildman–Crippen MR) is 69.9 cm³/mol. The molecule has 2 atom stereocenters. The van der Waals surface area contributed by atoms with Crippen LogP contribution in [0.4, 0.5) is 0 Å². The number of ether oxygens (including phenoxy) is 1. The van der Waals surface area contributed by atoms with Crippen LogP contribution in [-0.4, -0.2) is 36.6 Å². The minimum Gasteiger partial charge on any atom is -0.456 e. The molecule has 1 heterocycles. The summed E-state index contributed by atoms with van der Waals surface area (Å²) in [7, 11) is 0. The number of nitrogens with zero attached hydrogens (tertiary/aromatic N) is 1. The maximum absolute atomic E-state index is 11.7. The number of halogens is 1. The monoisotopic (exact) mass is 270 g/mol. The number of aliphatic hydroxyl groups excluding tert-OH is 1. The number of carbonyl (C=O) groups excluding carboxylic acids is 1. The second-order valence-electron chi connectivity index (χ2n) is 3.77. The first kappa shape index (κ1) is 14.5. The molecule has 18 heavy (non-hydrogen) atoms. The highest BCUT2D eigenvalue weighted by Crippen LogP contribution is 2.14. The Labute approximate surface area is 111 Å². The lowest BCUT2D eigenvalue weighted by atomic mass is 10.1. The summed E-state index contributed by atoms with van der Waals surface area (Å²) in [5, 5.41) is 12.7. The van der Waals surface area contributed by atoms with Crippen molar-refractivity contribution in [3.05, 3.63) is 35.9 Å². The molecule has 0 saturated heterocycles. The molecule has 0 radical (unpaired) electrons. The molecule has 1 aromatic carbocycles. The largest absolute Gasteiger partial charge is 0.456 e. The Morgan fingerprint density at radius 2 is 2.17 bits per heavy atom. The van der Waals surface area contributed by atoms with Gasteiger partial charge in [0.05, 0.1) is 19.4 Å². The second kappa shape index (κ2) is 6.98. The molecule has 0 spiro atoms. The summed E-state index contributed by atoms with van der Waals surface area (Å²) >= 11 is 0. The van der Waals surface area contributed by atoms with Crippen molar-refractivity contribution in [2.45, 2.75) is 12.2 Å². The van der Waals surface area contributed by atoms with E-state index in [-0.39, 0.29) is 18.5 Å². The molecule has 0 bridgehead atoms. The molecule has 2 rings (SSSR count). The van der Waals surface area contributed by atoms with Crippen LogP contribution in [0.25, 0.3) is 0 Å². The number of nitrogens with one attached hydrogen (secondary N) is 1. The fourth-order valence-corrected chi connectivity index (χ4v) is 1.56. The van der Waals surface area contributed by atoms with E-state index in [2.05, 4.69) is 10.3 Å². The molecule has 98 valence electrons. The topological polar surface area (TPSA) is 70.9 Å². The second-order valence-corrected chi connectivity index (χ2v) is 3.77. The minimum absolute atomic E-state index is 0. The smallest absolute Gasteiger partial charge is 0.340 e. The lowest BCUT2D eigenvalue weighted by molar-refractivity contribution is -0.158. The molecule has 0 aromatic heterocycles. The summed E-state index contributed by atoms with van der Waals surface area (Å²) in [6.45, 7) is 0.955. The molecular formula is C12H15ClN2O3. The maximum atomic E-state index is 11.7. The quantitative estimate of drug-likeness (QED) is 0.793. The number of esters is 1. The van der Waals surface area contributed by atoms with E-state index in [1.54, 1.807) is 30.6 Å². The summed E-state index contributed by atoms with van der Waals surface area (Å²) < 4.78 is 5.14. The number of aliphatic imine (C=N–C) groups is 1. The minimum atomic E-state index is -1.23. The van der Waals surface area contributed by atoms with Crippen LogP contribution >= 0.6 is 12.4 Å². The summed E-state index contributed by atoms with van der Waals surface area (Å²) in [5.41, 5.74) is 0.532. The van der Waals surface area contributed by atoms with Gasteiger partial charge in [-0.2, -0.15) is 0 Å². The average molecular weight is 271 g/mol. The molecule has 1 aliphatic rings. The number of rotatable bonds is 3. The first-order valence-electron chi connectivity index (χ1n) is 5.42. The Bertz CT molecular complexity index is 411. The summed E-state index contributed by atoms with van der Waals surface area (Å²) in [5.74, 6) is -0.639. The number of benzene rings is 1. The number of carbonyl (C=O) groups is 1. The average Bonchev–Trinajstić information content (AvgIpc) is 2.40. The molecule has 6 heteroatoms. The van der Waals surface area contributed by atoms with Gasteiger partial charge in [0.15, 0.2) is 6.10 Å². The van der Waals surface area contributed by atoms with Crippen molar-refractivity contribution in [1.29, 1.82) is 0 Å². The highest BCUT2D eigenvalue weighted by molar-refractivity contribution is 5.85. The molecule has 5 nitrogen and oxygen atoms in total. The van der Waals surface area contributed by atoms with Crippen LogP contribution in [0.1, 0.15) is 11.7 Å². The van der Waals surface area contributed by atoms with Crippen LogP contribution in [-0.2, 0) is 9.53 Å². The molecule has 0 fully saturated rings. The highest BCUT2D eigenvalue weighted by atomic mass is 35.5. The van der Waals surface area contributed by atoms with Crippen LogP contribution in [0.2, 0.25) is 0 Å². The van der Waals surface area contributed by atoms with Gasteiger partial charge in [0, 0.05) is 0 Å². The lowest BCUT2D eigenvalue weighted by Gasteiger charge is -2.20. The molecule has 1 unspecified atom stereocenters. The summed E-state index contributed by atoms with van der Waals surface area (Å²) in [4.78, 5) is 15.6. The molecule has 0 saturated carbocycles. The Balaban J connectivity index is 0.00000162. The van der Waals surface area contributed by atoms with Gasteiger partial charge in [0.1, 0.15) is 6.10 Å².